The molecule has 4 atom stereocenters. The lowest BCUT2D eigenvalue weighted by molar-refractivity contribution is -0.0698. The van der Waals surface area contributed by atoms with Crippen molar-refractivity contribution in [3.63, 3.8) is 0 Å². The molecule has 130 valence electrons. The number of hydrogen-bond donors (Lipinski definition) is 1. The number of aliphatic hydroxyl groups excluding tert-OH is 1. The van der Waals surface area contributed by atoms with Crippen LogP contribution in [-0.2, 0) is 4.74 Å². The summed E-state index contributed by atoms with van der Waals surface area (Å²) >= 11 is 0. The Kier molecular flexibility index (Phi) is 5.66. The van der Waals surface area contributed by atoms with Gasteiger partial charge in [0, 0.05) is 32.0 Å². The fraction of sp³-hybridized carbons (Fsp3) is 0.526. The molecule has 0 radical (unpaired) electrons. The molecule has 0 saturated carbocycles. The van der Waals surface area contributed by atoms with Gasteiger partial charge in [-0.3, -0.25) is 4.90 Å². The first kappa shape index (κ1) is 17.1. The topological polar surface area (TPSA) is 50.5 Å². The Morgan fingerprint density at radius 1 is 1.21 bits per heavy atom. The summed E-state index contributed by atoms with van der Waals surface area (Å²) in [5.74, 6) is 0. The molecule has 5 heteroatoms. The van der Waals surface area contributed by atoms with Crippen LogP contribution in [0.15, 0.2) is 49.1 Å². The number of benzene rings is 1. The van der Waals surface area contributed by atoms with Crippen molar-refractivity contribution < 1.29 is 9.84 Å². The third-order valence-corrected chi connectivity index (χ3v) is 4.65. The van der Waals surface area contributed by atoms with Gasteiger partial charge in [0.15, 0.2) is 0 Å². The summed E-state index contributed by atoms with van der Waals surface area (Å²) in [6, 6.07) is 9.84. The third-order valence-electron chi connectivity index (χ3n) is 4.65. The van der Waals surface area contributed by atoms with E-state index < -0.39 is 6.10 Å². The van der Waals surface area contributed by atoms with Crippen LogP contribution in [0.1, 0.15) is 38.0 Å². The fourth-order valence-electron chi connectivity index (χ4n) is 3.59. The summed E-state index contributed by atoms with van der Waals surface area (Å²) in [4.78, 5) is 6.59. The average molecular weight is 329 g/mol. The van der Waals surface area contributed by atoms with E-state index >= 15 is 0 Å². The highest BCUT2D eigenvalue weighted by Gasteiger charge is 2.26. The second kappa shape index (κ2) is 7.92. The maximum absolute atomic E-state index is 10.9. The Hall–Kier alpha value is -1.69. The Labute approximate surface area is 143 Å². The van der Waals surface area contributed by atoms with Gasteiger partial charge < -0.3 is 14.4 Å². The van der Waals surface area contributed by atoms with Crippen LogP contribution >= 0.6 is 0 Å². The van der Waals surface area contributed by atoms with Crippen molar-refractivity contribution in [1.82, 2.24) is 14.5 Å². The Morgan fingerprint density at radius 3 is 2.54 bits per heavy atom. The standard InChI is InChI=1S/C19H27N3O2/c1-15-12-21(13-16(2)24-15)10-8-18(22-11-9-20-14-22)19(23)17-6-4-3-5-7-17/h3-7,9,11,14-16,18-19,23H,8,10,12-13H2,1-2H3. The van der Waals surface area contributed by atoms with E-state index in [1.165, 1.54) is 0 Å². The average Bonchev–Trinajstić information content (AvgIpc) is 3.09. The molecule has 1 N–H and O–H groups in total. The number of aromatic nitrogens is 2. The maximum atomic E-state index is 10.9. The molecular formula is C19H27N3O2. The van der Waals surface area contributed by atoms with Crippen LogP contribution in [0.3, 0.4) is 0 Å². The van der Waals surface area contributed by atoms with Crippen molar-refractivity contribution in [2.24, 2.45) is 0 Å². The van der Waals surface area contributed by atoms with Gasteiger partial charge in [-0.05, 0) is 25.8 Å². The molecule has 0 amide bonds. The van der Waals surface area contributed by atoms with Gasteiger partial charge >= 0.3 is 0 Å². The SMILES string of the molecule is CC1CN(CCC(C(O)c2ccccc2)n2ccnc2)CC(C)O1. The normalized spacial score (nSPS) is 24.6. The number of nitrogens with zero attached hydrogens (tertiary/aromatic N) is 3. The van der Waals surface area contributed by atoms with Gasteiger partial charge in [-0.1, -0.05) is 30.3 Å². The quantitative estimate of drug-likeness (QED) is 0.885. The molecule has 2 heterocycles. The van der Waals surface area contributed by atoms with Gasteiger partial charge in [0.1, 0.15) is 0 Å². The Bertz CT molecular complexity index is 592. The summed E-state index contributed by atoms with van der Waals surface area (Å²) < 4.78 is 7.82. The lowest BCUT2D eigenvalue weighted by atomic mass is 9.99. The number of hydrogen-bond acceptors (Lipinski definition) is 4. The highest BCUT2D eigenvalue weighted by molar-refractivity contribution is 5.18. The van der Waals surface area contributed by atoms with Crippen molar-refractivity contribution >= 4 is 0 Å². The number of imidazole rings is 1. The zero-order valence-electron chi connectivity index (χ0n) is 14.5. The van der Waals surface area contributed by atoms with E-state index in [2.05, 4.69) is 23.7 Å². The molecule has 0 aliphatic carbocycles. The lowest BCUT2D eigenvalue weighted by Crippen LogP contribution is -2.46. The molecular weight excluding hydrogens is 302 g/mol. The molecule has 0 bridgehead atoms. The third kappa shape index (κ3) is 4.23. The van der Waals surface area contributed by atoms with Gasteiger partial charge in [-0.25, -0.2) is 4.98 Å². The van der Waals surface area contributed by atoms with Crippen molar-refractivity contribution in [2.45, 2.75) is 44.6 Å². The zero-order valence-corrected chi connectivity index (χ0v) is 14.5. The predicted molar refractivity (Wildman–Crippen MR) is 93.7 cm³/mol. The minimum Gasteiger partial charge on any atom is -0.386 e. The Morgan fingerprint density at radius 2 is 1.92 bits per heavy atom. The molecule has 24 heavy (non-hydrogen) atoms. The summed E-state index contributed by atoms with van der Waals surface area (Å²) in [5.41, 5.74) is 0.944. The van der Waals surface area contributed by atoms with E-state index in [1.807, 2.05) is 41.1 Å². The molecule has 1 aliphatic rings. The van der Waals surface area contributed by atoms with Gasteiger partial charge in [0.05, 0.1) is 30.7 Å². The van der Waals surface area contributed by atoms with Crippen LogP contribution in [0, 0.1) is 0 Å². The number of morpholine rings is 1. The first-order valence-corrected chi connectivity index (χ1v) is 8.71. The van der Waals surface area contributed by atoms with E-state index in [-0.39, 0.29) is 18.2 Å². The van der Waals surface area contributed by atoms with E-state index in [1.54, 1.807) is 12.5 Å². The van der Waals surface area contributed by atoms with E-state index in [9.17, 15) is 5.11 Å². The van der Waals surface area contributed by atoms with Crippen LogP contribution in [0.25, 0.3) is 0 Å². The zero-order chi connectivity index (χ0) is 16.9. The summed E-state index contributed by atoms with van der Waals surface area (Å²) in [6.45, 7) is 7.07. The molecule has 0 spiro atoms. The Balaban J connectivity index is 1.69. The van der Waals surface area contributed by atoms with Crippen LogP contribution in [0.2, 0.25) is 0 Å². The number of ether oxygens (including phenoxy) is 1. The smallest absolute Gasteiger partial charge is 0.0997 e. The van der Waals surface area contributed by atoms with E-state index in [0.29, 0.717) is 0 Å². The number of aliphatic hydroxyl groups is 1. The van der Waals surface area contributed by atoms with Gasteiger partial charge in [0.2, 0.25) is 0 Å². The largest absolute Gasteiger partial charge is 0.386 e. The minimum atomic E-state index is -0.545. The van der Waals surface area contributed by atoms with E-state index in [0.717, 1.165) is 31.6 Å². The second-order valence-corrected chi connectivity index (χ2v) is 6.74. The predicted octanol–water partition coefficient (Wildman–Crippen LogP) is 2.66. The molecule has 1 fully saturated rings. The summed E-state index contributed by atoms with van der Waals surface area (Å²) in [5, 5.41) is 10.9. The van der Waals surface area contributed by atoms with Crippen molar-refractivity contribution in [2.75, 3.05) is 19.6 Å². The first-order valence-electron chi connectivity index (χ1n) is 8.71. The maximum Gasteiger partial charge on any atom is 0.0997 e. The van der Waals surface area contributed by atoms with Crippen molar-refractivity contribution in [3.05, 3.63) is 54.6 Å². The van der Waals surface area contributed by atoms with Crippen LogP contribution in [0.5, 0.6) is 0 Å². The van der Waals surface area contributed by atoms with Gasteiger partial charge in [-0.15, -0.1) is 0 Å². The summed E-state index contributed by atoms with van der Waals surface area (Å²) in [6.07, 6.45) is 6.34. The van der Waals surface area contributed by atoms with Gasteiger partial charge in [0.25, 0.3) is 0 Å². The molecule has 1 aromatic heterocycles. The first-order chi connectivity index (χ1) is 11.6. The van der Waals surface area contributed by atoms with E-state index in [4.69, 9.17) is 4.74 Å². The van der Waals surface area contributed by atoms with Crippen LogP contribution < -0.4 is 0 Å². The monoisotopic (exact) mass is 329 g/mol. The molecule has 1 aliphatic heterocycles. The molecule has 3 rings (SSSR count). The lowest BCUT2D eigenvalue weighted by Gasteiger charge is -2.36. The molecule has 5 nitrogen and oxygen atoms in total. The minimum absolute atomic E-state index is 0.0247. The molecule has 1 saturated heterocycles. The van der Waals surface area contributed by atoms with Gasteiger partial charge in [-0.2, -0.15) is 0 Å². The highest BCUT2D eigenvalue weighted by atomic mass is 16.5. The van der Waals surface area contributed by atoms with Crippen molar-refractivity contribution in [3.8, 4) is 0 Å². The molecule has 2 aromatic rings. The number of rotatable bonds is 6. The molecule has 4 unspecified atom stereocenters. The summed E-state index contributed by atoms with van der Waals surface area (Å²) in [7, 11) is 0. The molecule has 1 aromatic carbocycles. The highest BCUT2D eigenvalue weighted by Crippen LogP contribution is 2.29. The fourth-order valence-corrected chi connectivity index (χ4v) is 3.59. The second-order valence-electron chi connectivity index (χ2n) is 6.74. The van der Waals surface area contributed by atoms with Crippen LogP contribution in [-0.4, -0.2) is 51.4 Å². The van der Waals surface area contributed by atoms with Crippen molar-refractivity contribution in [1.29, 1.82) is 0 Å². The van der Waals surface area contributed by atoms with Crippen LogP contribution in [0.4, 0.5) is 0 Å².